The van der Waals surface area contributed by atoms with Crippen molar-refractivity contribution >= 4 is 23.2 Å². The molecule has 0 saturated carbocycles. The molecule has 0 saturated heterocycles. The molecular weight excluding hydrogens is 252 g/mol. The number of rotatable bonds is 6. The molecule has 0 unspecified atom stereocenters. The summed E-state index contributed by atoms with van der Waals surface area (Å²) in [5.41, 5.74) is -0.0212. The predicted octanol–water partition coefficient (Wildman–Crippen LogP) is 1.16. The number of carbonyl (C=O) groups excluding carboxylic acids is 1. The molecule has 0 spiro atoms. The molecule has 1 aromatic heterocycles. The second-order valence-corrected chi connectivity index (χ2v) is 5.45. The zero-order chi connectivity index (χ0) is 13.8. The first-order valence-electron chi connectivity index (χ1n) is 5.56. The van der Waals surface area contributed by atoms with E-state index in [4.69, 9.17) is 5.11 Å². The Morgan fingerprint density at radius 3 is 2.67 bits per heavy atom. The fourth-order valence-electron chi connectivity index (χ4n) is 1.25. The van der Waals surface area contributed by atoms with Gasteiger partial charge in [-0.3, -0.25) is 14.9 Å². The van der Waals surface area contributed by atoms with Crippen LogP contribution in [0.15, 0.2) is 16.8 Å². The quantitative estimate of drug-likeness (QED) is 0.814. The highest BCUT2D eigenvalue weighted by molar-refractivity contribution is 7.07. The largest absolute Gasteiger partial charge is 0.480 e. The molecule has 0 aliphatic rings. The second-order valence-electron chi connectivity index (χ2n) is 4.67. The Kier molecular flexibility index (Phi) is 4.86. The van der Waals surface area contributed by atoms with Crippen molar-refractivity contribution in [3.8, 4) is 0 Å². The van der Waals surface area contributed by atoms with Gasteiger partial charge in [0.1, 0.15) is 5.54 Å². The van der Waals surface area contributed by atoms with E-state index in [1.165, 1.54) is 13.8 Å². The van der Waals surface area contributed by atoms with Gasteiger partial charge in [-0.05, 0) is 36.2 Å². The van der Waals surface area contributed by atoms with E-state index in [9.17, 15) is 9.59 Å². The van der Waals surface area contributed by atoms with Crippen LogP contribution in [0, 0.1) is 0 Å². The number of thiophene rings is 1. The molecule has 0 aliphatic carbocycles. The van der Waals surface area contributed by atoms with Gasteiger partial charge in [0.15, 0.2) is 0 Å². The van der Waals surface area contributed by atoms with Crippen molar-refractivity contribution in [2.75, 3.05) is 13.6 Å². The lowest BCUT2D eigenvalue weighted by atomic mass is 10.1. The molecule has 0 bridgehead atoms. The highest BCUT2D eigenvalue weighted by atomic mass is 32.1. The standard InChI is InChI=1S/C12H18N2O3S/c1-12(2,11(16)17)13-6-10(15)14(3)7-9-4-5-18-8-9/h4-5,8,13H,6-7H2,1-3H3,(H,16,17). The molecule has 0 atom stereocenters. The van der Waals surface area contributed by atoms with Gasteiger partial charge in [-0.1, -0.05) is 0 Å². The van der Waals surface area contributed by atoms with Gasteiger partial charge in [0.2, 0.25) is 5.91 Å². The number of hydrogen-bond donors (Lipinski definition) is 2. The number of hydrogen-bond acceptors (Lipinski definition) is 4. The summed E-state index contributed by atoms with van der Waals surface area (Å²) in [6, 6.07) is 1.96. The summed E-state index contributed by atoms with van der Waals surface area (Å²) in [7, 11) is 1.70. The molecule has 6 heteroatoms. The topological polar surface area (TPSA) is 69.6 Å². The lowest BCUT2D eigenvalue weighted by molar-refractivity contribution is -0.143. The maximum absolute atomic E-state index is 11.8. The number of likely N-dealkylation sites (N-methyl/N-ethyl adjacent to an activating group) is 1. The molecule has 0 aliphatic heterocycles. The van der Waals surface area contributed by atoms with Crippen LogP contribution in [-0.2, 0) is 16.1 Å². The number of nitrogens with one attached hydrogen (secondary N) is 1. The number of carboxylic acids is 1. The van der Waals surface area contributed by atoms with Crippen molar-refractivity contribution in [1.82, 2.24) is 10.2 Å². The average molecular weight is 270 g/mol. The molecule has 0 radical (unpaired) electrons. The highest BCUT2D eigenvalue weighted by Gasteiger charge is 2.27. The van der Waals surface area contributed by atoms with Gasteiger partial charge in [-0.15, -0.1) is 0 Å². The van der Waals surface area contributed by atoms with Crippen LogP contribution in [0.4, 0.5) is 0 Å². The average Bonchev–Trinajstić information content (AvgIpc) is 2.78. The summed E-state index contributed by atoms with van der Waals surface area (Å²) in [6.45, 7) is 3.61. The third-order valence-corrected chi connectivity index (χ3v) is 3.37. The molecule has 100 valence electrons. The van der Waals surface area contributed by atoms with E-state index >= 15 is 0 Å². The number of carbonyl (C=O) groups is 2. The summed E-state index contributed by atoms with van der Waals surface area (Å²) in [4.78, 5) is 24.3. The highest BCUT2D eigenvalue weighted by Crippen LogP contribution is 2.08. The first kappa shape index (κ1) is 14.7. The van der Waals surface area contributed by atoms with E-state index in [0.717, 1.165) is 5.56 Å². The van der Waals surface area contributed by atoms with Crippen molar-refractivity contribution in [2.24, 2.45) is 0 Å². The van der Waals surface area contributed by atoms with Gasteiger partial charge >= 0.3 is 5.97 Å². The molecule has 5 nitrogen and oxygen atoms in total. The first-order chi connectivity index (χ1) is 8.33. The second kappa shape index (κ2) is 5.97. The third-order valence-electron chi connectivity index (χ3n) is 2.64. The van der Waals surface area contributed by atoms with Crippen molar-refractivity contribution in [3.63, 3.8) is 0 Å². The monoisotopic (exact) mass is 270 g/mol. The Balaban J connectivity index is 2.43. The molecule has 0 fully saturated rings. The maximum Gasteiger partial charge on any atom is 0.323 e. The molecule has 2 N–H and O–H groups in total. The van der Waals surface area contributed by atoms with Gasteiger partial charge < -0.3 is 10.0 Å². The Hall–Kier alpha value is -1.40. The minimum Gasteiger partial charge on any atom is -0.480 e. The fraction of sp³-hybridized carbons (Fsp3) is 0.500. The fourth-order valence-corrected chi connectivity index (χ4v) is 1.91. The maximum atomic E-state index is 11.8. The van der Waals surface area contributed by atoms with Crippen molar-refractivity contribution in [2.45, 2.75) is 25.9 Å². The third kappa shape index (κ3) is 4.12. The van der Waals surface area contributed by atoms with Crippen LogP contribution in [0.2, 0.25) is 0 Å². The van der Waals surface area contributed by atoms with Crippen LogP contribution in [-0.4, -0.2) is 41.0 Å². The zero-order valence-corrected chi connectivity index (χ0v) is 11.6. The summed E-state index contributed by atoms with van der Waals surface area (Å²) in [5.74, 6) is -1.11. The minimum absolute atomic E-state index is 0.0138. The van der Waals surface area contributed by atoms with E-state index in [-0.39, 0.29) is 12.5 Å². The molecule has 18 heavy (non-hydrogen) atoms. The van der Waals surface area contributed by atoms with Crippen molar-refractivity contribution in [1.29, 1.82) is 0 Å². The van der Waals surface area contributed by atoms with Gasteiger partial charge in [-0.2, -0.15) is 11.3 Å². The normalized spacial score (nSPS) is 11.3. The van der Waals surface area contributed by atoms with Gasteiger partial charge in [0.05, 0.1) is 6.54 Å². The zero-order valence-electron chi connectivity index (χ0n) is 10.8. The SMILES string of the molecule is CN(Cc1ccsc1)C(=O)CNC(C)(C)C(=O)O. The van der Waals surface area contributed by atoms with Crippen LogP contribution >= 0.6 is 11.3 Å². The van der Waals surface area contributed by atoms with Crippen molar-refractivity contribution in [3.05, 3.63) is 22.4 Å². The van der Waals surface area contributed by atoms with E-state index in [1.807, 2.05) is 16.8 Å². The Labute approximate surface area is 110 Å². The van der Waals surface area contributed by atoms with Crippen LogP contribution in [0.5, 0.6) is 0 Å². The molecule has 1 aromatic rings. The molecule has 1 heterocycles. The summed E-state index contributed by atoms with van der Waals surface area (Å²) in [5, 5.41) is 15.6. The predicted molar refractivity (Wildman–Crippen MR) is 70.5 cm³/mol. The number of nitrogens with zero attached hydrogens (tertiary/aromatic N) is 1. The lowest BCUT2D eigenvalue weighted by Crippen LogP contribution is -2.50. The Morgan fingerprint density at radius 2 is 2.17 bits per heavy atom. The van der Waals surface area contributed by atoms with Crippen LogP contribution in [0.25, 0.3) is 0 Å². The first-order valence-corrected chi connectivity index (χ1v) is 6.50. The van der Waals surface area contributed by atoms with E-state index < -0.39 is 11.5 Å². The number of carboxylic acid groups (broad SMARTS) is 1. The van der Waals surface area contributed by atoms with Crippen LogP contribution in [0.3, 0.4) is 0 Å². The summed E-state index contributed by atoms with van der Waals surface area (Å²) < 4.78 is 0. The summed E-state index contributed by atoms with van der Waals surface area (Å²) >= 11 is 1.58. The summed E-state index contributed by atoms with van der Waals surface area (Å²) in [6.07, 6.45) is 0. The molecule has 1 rings (SSSR count). The van der Waals surface area contributed by atoms with Crippen LogP contribution < -0.4 is 5.32 Å². The number of amides is 1. The van der Waals surface area contributed by atoms with Crippen molar-refractivity contribution < 1.29 is 14.7 Å². The number of aliphatic carboxylic acids is 1. The Morgan fingerprint density at radius 1 is 1.50 bits per heavy atom. The van der Waals surface area contributed by atoms with E-state index in [2.05, 4.69) is 5.32 Å². The van der Waals surface area contributed by atoms with Crippen LogP contribution in [0.1, 0.15) is 19.4 Å². The minimum atomic E-state index is -1.10. The van der Waals surface area contributed by atoms with E-state index in [0.29, 0.717) is 6.54 Å². The molecular formula is C12H18N2O3S. The Bertz CT molecular complexity index is 415. The van der Waals surface area contributed by atoms with E-state index in [1.54, 1.807) is 23.3 Å². The molecule has 0 aromatic carbocycles. The van der Waals surface area contributed by atoms with Gasteiger partial charge in [0, 0.05) is 13.6 Å². The smallest absolute Gasteiger partial charge is 0.323 e. The molecule has 1 amide bonds. The lowest BCUT2D eigenvalue weighted by Gasteiger charge is -2.23. The van der Waals surface area contributed by atoms with Gasteiger partial charge in [-0.25, -0.2) is 0 Å². The van der Waals surface area contributed by atoms with Gasteiger partial charge in [0.25, 0.3) is 0 Å².